The topological polar surface area (TPSA) is 32.7 Å². The van der Waals surface area contributed by atoms with E-state index in [1.54, 1.807) is 7.11 Å². The number of nitrogens with zero attached hydrogens (tertiary/aromatic N) is 1. The number of aliphatic hydroxyl groups is 1. The van der Waals surface area contributed by atoms with Gasteiger partial charge in [0.25, 0.3) is 0 Å². The van der Waals surface area contributed by atoms with Crippen molar-refractivity contribution >= 4 is 0 Å². The maximum atomic E-state index is 11.5. The first-order chi connectivity index (χ1) is 12.2. The van der Waals surface area contributed by atoms with Crippen molar-refractivity contribution in [2.24, 2.45) is 0 Å². The lowest BCUT2D eigenvalue weighted by atomic mass is 9.72. The number of methoxy groups -OCH3 is 1. The molecule has 132 valence electrons. The van der Waals surface area contributed by atoms with Gasteiger partial charge in [-0.3, -0.25) is 4.90 Å². The number of ether oxygens (including phenoxy) is 1. The summed E-state index contributed by atoms with van der Waals surface area (Å²) in [6.45, 7) is 0.984. The maximum absolute atomic E-state index is 11.5. The number of fused-ring (bicyclic) bond motifs is 2. The minimum atomic E-state index is -0.782. The fourth-order valence-corrected chi connectivity index (χ4v) is 4.82. The van der Waals surface area contributed by atoms with Crippen LogP contribution in [0.2, 0.25) is 0 Å². The molecule has 2 fully saturated rings. The molecule has 4 rings (SSSR count). The molecule has 0 amide bonds. The van der Waals surface area contributed by atoms with Crippen molar-refractivity contribution < 1.29 is 9.84 Å². The van der Waals surface area contributed by atoms with Crippen molar-refractivity contribution in [2.45, 2.75) is 56.3 Å². The smallest absolute Gasteiger partial charge is 0.124 e. The van der Waals surface area contributed by atoms with Gasteiger partial charge in [-0.05, 0) is 37.3 Å². The lowest BCUT2D eigenvalue weighted by molar-refractivity contribution is -0.101. The quantitative estimate of drug-likeness (QED) is 0.912. The molecule has 0 spiro atoms. The van der Waals surface area contributed by atoms with E-state index in [0.717, 1.165) is 30.7 Å². The molecule has 2 aliphatic heterocycles. The Labute approximate surface area is 150 Å². The molecule has 2 aromatic rings. The Hall–Kier alpha value is -1.84. The summed E-state index contributed by atoms with van der Waals surface area (Å²) in [7, 11) is 1.69. The Morgan fingerprint density at radius 2 is 1.64 bits per heavy atom. The van der Waals surface area contributed by atoms with E-state index in [1.165, 1.54) is 24.8 Å². The molecule has 1 N–H and O–H groups in total. The highest BCUT2D eigenvalue weighted by Gasteiger charge is 2.47. The van der Waals surface area contributed by atoms with Crippen molar-refractivity contribution in [1.82, 2.24) is 4.90 Å². The number of para-hydroxylation sites is 1. The van der Waals surface area contributed by atoms with Crippen LogP contribution in [0.4, 0.5) is 0 Å². The van der Waals surface area contributed by atoms with Gasteiger partial charge in [0.05, 0.1) is 12.7 Å². The Morgan fingerprint density at radius 1 is 1.00 bits per heavy atom. The molecular formula is C22H27NO2. The molecule has 2 saturated heterocycles. The zero-order valence-corrected chi connectivity index (χ0v) is 14.9. The van der Waals surface area contributed by atoms with Crippen LogP contribution in [0.5, 0.6) is 5.75 Å². The third-order valence-electron chi connectivity index (χ3n) is 5.98. The fourth-order valence-electron chi connectivity index (χ4n) is 4.82. The van der Waals surface area contributed by atoms with Gasteiger partial charge in [-0.15, -0.1) is 0 Å². The molecule has 2 bridgehead atoms. The molecule has 2 unspecified atom stereocenters. The van der Waals surface area contributed by atoms with E-state index in [1.807, 2.05) is 24.3 Å². The highest BCUT2D eigenvalue weighted by molar-refractivity contribution is 5.39. The van der Waals surface area contributed by atoms with Crippen LogP contribution in [0.1, 0.15) is 43.2 Å². The van der Waals surface area contributed by atoms with Gasteiger partial charge >= 0.3 is 0 Å². The SMILES string of the molecule is COc1ccccc1C1(O)CC2CCCC(C1)N2Cc1ccccc1. The second-order valence-electron chi connectivity index (χ2n) is 7.54. The average Bonchev–Trinajstić information content (AvgIpc) is 2.63. The summed E-state index contributed by atoms with van der Waals surface area (Å²) in [5.41, 5.74) is 1.53. The lowest BCUT2D eigenvalue weighted by Crippen LogP contribution is -2.56. The van der Waals surface area contributed by atoms with Gasteiger partial charge in [-0.1, -0.05) is 55.0 Å². The predicted molar refractivity (Wildman–Crippen MR) is 99.5 cm³/mol. The summed E-state index contributed by atoms with van der Waals surface area (Å²) in [4.78, 5) is 2.63. The fraction of sp³-hybridized carbons (Fsp3) is 0.455. The zero-order valence-electron chi connectivity index (χ0n) is 14.9. The van der Waals surface area contributed by atoms with E-state index in [-0.39, 0.29) is 0 Å². The van der Waals surface area contributed by atoms with E-state index >= 15 is 0 Å². The number of hydrogen-bond donors (Lipinski definition) is 1. The van der Waals surface area contributed by atoms with Crippen molar-refractivity contribution in [1.29, 1.82) is 0 Å². The molecule has 0 aliphatic carbocycles. The van der Waals surface area contributed by atoms with E-state index in [4.69, 9.17) is 4.74 Å². The van der Waals surface area contributed by atoms with E-state index in [0.29, 0.717) is 12.1 Å². The standard InChI is InChI=1S/C22H27NO2/c1-25-21-13-6-5-12-20(21)22(24)14-18-10-7-11-19(15-22)23(18)16-17-8-3-2-4-9-17/h2-6,8-9,12-13,18-19,24H,7,10-11,14-16H2,1H3. The monoisotopic (exact) mass is 337 g/mol. The van der Waals surface area contributed by atoms with Crippen molar-refractivity contribution in [3.05, 3.63) is 65.7 Å². The Bertz CT molecular complexity index is 701. The van der Waals surface area contributed by atoms with Gasteiger partial charge < -0.3 is 9.84 Å². The number of piperidine rings is 2. The van der Waals surface area contributed by atoms with Crippen LogP contribution < -0.4 is 4.74 Å². The summed E-state index contributed by atoms with van der Waals surface area (Å²) in [5.74, 6) is 0.805. The van der Waals surface area contributed by atoms with Crippen LogP contribution in [0.3, 0.4) is 0 Å². The maximum Gasteiger partial charge on any atom is 0.124 e. The first-order valence-electron chi connectivity index (χ1n) is 9.35. The molecule has 2 aromatic carbocycles. The summed E-state index contributed by atoms with van der Waals surface area (Å²) in [6.07, 6.45) is 5.18. The van der Waals surface area contributed by atoms with Crippen LogP contribution >= 0.6 is 0 Å². The lowest BCUT2D eigenvalue weighted by Gasteiger charge is -2.52. The number of rotatable bonds is 4. The van der Waals surface area contributed by atoms with Gasteiger partial charge in [0, 0.05) is 24.2 Å². The van der Waals surface area contributed by atoms with Crippen LogP contribution in [0.25, 0.3) is 0 Å². The normalized spacial score (nSPS) is 29.4. The first kappa shape index (κ1) is 16.6. The molecule has 3 nitrogen and oxygen atoms in total. The second kappa shape index (κ2) is 6.81. The molecule has 3 heteroatoms. The molecule has 2 atom stereocenters. The van der Waals surface area contributed by atoms with Crippen molar-refractivity contribution in [3.8, 4) is 5.75 Å². The predicted octanol–water partition coefficient (Wildman–Crippen LogP) is 4.10. The van der Waals surface area contributed by atoms with Gasteiger partial charge in [0.1, 0.15) is 5.75 Å². The minimum absolute atomic E-state index is 0.433. The Kier molecular flexibility index (Phi) is 4.53. The third kappa shape index (κ3) is 3.19. The Morgan fingerprint density at radius 3 is 2.32 bits per heavy atom. The number of hydrogen-bond acceptors (Lipinski definition) is 3. The van der Waals surface area contributed by atoms with Crippen LogP contribution in [-0.4, -0.2) is 29.2 Å². The minimum Gasteiger partial charge on any atom is -0.496 e. The molecule has 0 radical (unpaired) electrons. The molecule has 0 saturated carbocycles. The van der Waals surface area contributed by atoms with Crippen LogP contribution in [0, 0.1) is 0 Å². The highest BCUT2D eigenvalue weighted by Crippen LogP contribution is 2.47. The van der Waals surface area contributed by atoms with E-state index in [2.05, 4.69) is 35.2 Å². The third-order valence-corrected chi connectivity index (χ3v) is 5.98. The van der Waals surface area contributed by atoms with Crippen LogP contribution in [0.15, 0.2) is 54.6 Å². The van der Waals surface area contributed by atoms with E-state index < -0.39 is 5.60 Å². The summed E-state index contributed by atoms with van der Waals surface area (Å²) in [6, 6.07) is 19.5. The summed E-state index contributed by atoms with van der Waals surface area (Å²) >= 11 is 0. The summed E-state index contributed by atoms with van der Waals surface area (Å²) in [5, 5.41) is 11.5. The zero-order chi connectivity index (χ0) is 17.3. The van der Waals surface area contributed by atoms with Gasteiger partial charge in [0.15, 0.2) is 0 Å². The second-order valence-corrected chi connectivity index (χ2v) is 7.54. The molecule has 0 aromatic heterocycles. The van der Waals surface area contributed by atoms with Gasteiger partial charge in [-0.2, -0.15) is 0 Å². The van der Waals surface area contributed by atoms with Crippen molar-refractivity contribution in [3.63, 3.8) is 0 Å². The first-order valence-corrected chi connectivity index (χ1v) is 9.35. The van der Waals surface area contributed by atoms with E-state index in [9.17, 15) is 5.11 Å². The highest BCUT2D eigenvalue weighted by atomic mass is 16.5. The molecule has 2 aliphatic rings. The van der Waals surface area contributed by atoms with Crippen molar-refractivity contribution in [2.75, 3.05) is 7.11 Å². The molecule has 25 heavy (non-hydrogen) atoms. The Balaban J connectivity index is 1.60. The average molecular weight is 337 g/mol. The van der Waals surface area contributed by atoms with Gasteiger partial charge in [-0.25, -0.2) is 0 Å². The largest absolute Gasteiger partial charge is 0.496 e. The molecule has 2 heterocycles. The van der Waals surface area contributed by atoms with Gasteiger partial charge in [0.2, 0.25) is 0 Å². The van der Waals surface area contributed by atoms with Crippen LogP contribution in [-0.2, 0) is 12.1 Å². The summed E-state index contributed by atoms with van der Waals surface area (Å²) < 4.78 is 5.53. The number of benzene rings is 2. The molecular weight excluding hydrogens is 310 g/mol.